The largest absolute Gasteiger partial charge is 0.511 e. The molecule has 2 aliphatic carbocycles. The van der Waals surface area contributed by atoms with Gasteiger partial charge in [0.1, 0.15) is 5.75 Å². The normalized spacial score (nSPS) is 22.8. The summed E-state index contributed by atoms with van der Waals surface area (Å²) in [6, 6.07) is 15.7. The zero-order valence-electron chi connectivity index (χ0n) is 16.6. The highest BCUT2D eigenvalue weighted by atomic mass is 16.7. The predicted molar refractivity (Wildman–Crippen MR) is 113 cm³/mol. The molecule has 6 nitrogen and oxygen atoms in total. The van der Waals surface area contributed by atoms with E-state index < -0.39 is 6.16 Å². The fourth-order valence-corrected chi connectivity index (χ4v) is 5.40. The Labute approximate surface area is 175 Å². The Balaban J connectivity index is 1.54. The van der Waals surface area contributed by atoms with E-state index in [1.807, 2.05) is 36.4 Å². The molecule has 1 aliphatic heterocycles. The lowest BCUT2D eigenvalue weighted by atomic mass is 9.75. The number of hydrazone groups is 1. The summed E-state index contributed by atoms with van der Waals surface area (Å²) in [4.78, 5) is 10.9. The quantitative estimate of drug-likeness (QED) is 0.580. The summed E-state index contributed by atoms with van der Waals surface area (Å²) < 4.78 is 4.85. The van der Waals surface area contributed by atoms with Crippen molar-refractivity contribution in [2.45, 2.75) is 44.6 Å². The lowest BCUT2D eigenvalue weighted by Gasteiger charge is -2.34. The van der Waals surface area contributed by atoms with Gasteiger partial charge in [0.25, 0.3) is 0 Å². The average Bonchev–Trinajstić information content (AvgIpc) is 3.40. The van der Waals surface area contributed by atoms with Gasteiger partial charge in [0.2, 0.25) is 0 Å². The molecule has 0 saturated heterocycles. The van der Waals surface area contributed by atoms with Crippen LogP contribution in [0.1, 0.15) is 48.8 Å². The van der Waals surface area contributed by atoms with Crippen LogP contribution in [-0.2, 0) is 6.42 Å². The number of nitriles is 1. The number of hydrogen-bond donors (Lipinski definition) is 1. The highest BCUT2D eigenvalue weighted by Crippen LogP contribution is 2.45. The summed E-state index contributed by atoms with van der Waals surface area (Å²) in [6.07, 6.45) is 5.60. The third kappa shape index (κ3) is 3.21. The molecule has 6 heteroatoms. The van der Waals surface area contributed by atoms with Crippen molar-refractivity contribution in [3.05, 3.63) is 59.2 Å². The molecule has 2 atom stereocenters. The second-order valence-electron chi connectivity index (χ2n) is 8.36. The molecule has 2 unspecified atom stereocenters. The van der Waals surface area contributed by atoms with Crippen LogP contribution in [0.15, 0.2) is 47.6 Å². The van der Waals surface area contributed by atoms with E-state index in [2.05, 4.69) is 11.1 Å². The minimum atomic E-state index is -1.30. The van der Waals surface area contributed by atoms with Crippen LogP contribution >= 0.6 is 0 Å². The highest BCUT2D eigenvalue weighted by Gasteiger charge is 2.45. The van der Waals surface area contributed by atoms with Gasteiger partial charge in [0.05, 0.1) is 29.1 Å². The van der Waals surface area contributed by atoms with Crippen molar-refractivity contribution in [1.29, 1.82) is 5.26 Å². The van der Waals surface area contributed by atoms with Gasteiger partial charge in [-0.1, -0.05) is 12.8 Å². The Hall–Kier alpha value is -3.33. The monoisotopic (exact) mass is 401 g/mol. The van der Waals surface area contributed by atoms with Crippen molar-refractivity contribution in [2.24, 2.45) is 16.9 Å². The van der Waals surface area contributed by atoms with Gasteiger partial charge in [-0.15, -0.1) is 0 Å². The summed E-state index contributed by atoms with van der Waals surface area (Å²) in [5.41, 5.74) is 4.97. The van der Waals surface area contributed by atoms with E-state index in [0.29, 0.717) is 29.2 Å². The second-order valence-corrected chi connectivity index (χ2v) is 8.36. The first-order valence-corrected chi connectivity index (χ1v) is 10.6. The Morgan fingerprint density at radius 2 is 1.90 bits per heavy atom. The number of carboxylic acid groups (broad SMARTS) is 1. The maximum absolute atomic E-state index is 10.9. The third-order valence-corrected chi connectivity index (χ3v) is 6.69. The number of ether oxygens (including phenoxy) is 1. The van der Waals surface area contributed by atoms with Crippen LogP contribution in [0.3, 0.4) is 0 Å². The smallest absolute Gasteiger partial charge is 0.449 e. The Morgan fingerprint density at radius 1 is 1.13 bits per heavy atom. The zero-order chi connectivity index (χ0) is 20.7. The van der Waals surface area contributed by atoms with Gasteiger partial charge in [-0.3, -0.25) is 5.01 Å². The lowest BCUT2D eigenvalue weighted by Crippen LogP contribution is -2.40. The molecule has 0 aromatic heterocycles. The number of carbonyl (C=O) groups is 1. The third-order valence-electron chi connectivity index (χ3n) is 6.69. The van der Waals surface area contributed by atoms with E-state index in [4.69, 9.17) is 20.2 Å². The summed E-state index contributed by atoms with van der Waals surface area (Å²) in [5.74, 6) is 1.33. The van der Waals surface area contributed by atoms with E-state index in [-0.39, 0.29) is 0 Å². The minimum Gasteiger partial charge on any atom is -0.449 e. The van der Waals surface area contributed by atoms with Crippen molar-refractivity contribution in [3.63, 3.8) is 0 Å². The Morgan fingerprint density at radius 3 is 2.60 bits per heavy atom. The van der Waals surface area contributed by atoms with E-state index in [1.54, 1.807) is 6.07 Å². The molecule has 2 aromatic carbocycles. The molecule has 1 fully saturated rings. The summed E-state index contributed by atoms with van der Waals surface area (Å²) >= 11 is 0. The van der Waals surface area contributed by atoms with Gasteiger partial charge < -0.3 is 9.84 Å². The molecule has 30 heavy (non-hydrogen) atoms. The number of hydrogen-bond acceptors (Lipinski definition) is 5. The van der Waals surface area contributed by atoms with Crippen molar-refractivity contribution in [1.82, 2.24) is 0 Å². The van der Waals surface area contributed by atoms with Crippen LogP contribution in [0.2, 0.25) is 0 Å². The molecule has 1 heterocycles. The van der Waals surface area contributed by atoms with Crippen LogP contribution in [-0.4, -0.2) is 23.0 Å². The van der Waals surface area contributed by atoms with E-state index in [0.717, 1.165) is 35.4 Å². The molecule has 1 N–H and O–H groups in total. The number of rotatable bonds is 3. The first-order valence-electron chi connectivity index (χ1n) is 10.6. The average molecular weight is 401 g/mol. The van der Waals surface area contributed by atoms with Gasteiger partial charge in [-0.25, -0.2) is 4.79 Å². The fraction of sp³-hybridized carbons (Fsp3) is 0.375. The van der Waals surface area contributed by atoms with E-state index in [1.165, 1.54) is 25.7 Å². The molecule has 0 radical (unpaired) electrons. The summed E-state index contributed by atoms with van der Waals surface area (Å²) in [5, 5.41) is 25.3. The van der Waals surface area contributed by atoms with Crippen LogP contribution < -0.4 is 9.75 Å². The molecule has 0 spiro atoms. The molecule has 152 valence electrons. The molecule has 5 rings (SSSR count). The Bertz CT molecular complexity index is 1050. The van der Waals surface area contributed by atoms with Crippen molar-refractivity contribution in [2.75, 3.05) is 5.01 Å². The molecular formula is C24H23N3O3. The standard InChI is InChI=1S/C24H23N3O3/c25-14-15-5-8-18(9-6-15)27-23(16-3-1-2-4-16)21-11-7-17-13-19(30-24(28)29)10-12-20(17)22(21)26-27/h5-6,8-10,12-13,16,21,23H,1-4,7,11H2,(H,28,29). The molecule has 1 saturated carbocycles. The summed E-state index contributed by atoms with van der Waals surface area (Å²) in [7, 11) is 0. The van der Waals surface area contributed by atoms with Crippen LogP contribution in [0, 0.1) is 23.2 Å². The van der Waals surface area contributed by atoms with Crippen molar-refractivity contribution < 1.29 is 14.6 Å². The lowest BCUT2D eigenvalue weighted by molar-refractivity contribution is 0.144. The van der Waals surface area contributed by atoms with E-state index in [9.17, 15) is 4.79 Å². The van der Waals surface area contributed by atoms with Gasteiger partial charge >= 0.3 is 6.16 Å². The minimum absolute atomic E-state index is 0.332. The molecular weight excluding hydrogens is 378 g/mol. The highest BCUT2D eigenvalue weighted by molar-refractivity contribution is 6.07. The number of benzene rings is 2. The fourth-order valence-electron chi connectivity index (χ4n) is 5.40. The zero-order valence-corrected chi connectivity index (χ0v) is 16.6. The molecule has 0 amide bonds. The first-order chi connectivity index (χ1) is 14.6. The maximum atomic E-state index is 10.9. The van der Waals surface area contributed by atoms with Crippen LogP contribution in [0.4, 0.5) is 10.5 Å². The molecule has 2 aromatic rings. The maximum Gasteiger partial charge on any atom is 0.511 e. The molecule has 3 aliphatic rings. The van der Waals surface area contributed by atoms with Gasteiger partial charge in [0, 0.05) is 11.5 Å². The van der Waals surface area contributed by atoms with E-state index >= 15 is 0 Å². The second kappa shape index (κ2) is 7.49. The Kier molecular flexibility index (Phi) is 4.66. The first kappa shape index (κ1) is 18.7. The van der Waals surface area contributed by atoms with Gasteiger partial charge in [0.15, 0.2) is 0 Å². The SMILES string of the molecule is N#Cc1ccc(N2N=C3c4ccc(OC(=O)O)cc4CCC3C2C2CCCC2)cc1. The number of nitrogens with zero attached hydrogens (tertiary/aromatic N) is 3. The van der Waals surface area contributed by atoms with Gasteiger partial charge in [-0.2, -0.15) is 10.4 Å². The van der Waals surface area contributed by atoms with Gasteiger partial charge in [-0.05, 0) is 79.6 Å². The predicted octanol–water partition coefficient (Wildman–Crippen LogP) is 4.96. The topological polar surface area (TPSA) is 85.9 Å². The van der Waals surface area contributed by atoms with Crippen LogP contribution in [0.25, 0.3) is 0 Å². The van der Waals surface area contributed by atoms with Crippen LogP contribution in [0.5, 0.6) is 5.75 Å². The number of fused-ring (bicyclic) bond motifs is 3. The summed E-state index contributed by atoms with van der Waals surface area (Å²) in [6.45, 7) is 0. The molecule has 0 bridgehead atoms. The van der Waals surface area contributed by atoms with Crippen molar-refractivity contribution in [3.8, 4) is 11.8 Å². The number of anilines is 1. The number of aryl methyl sites for hydroxylation is 1. The van der Waals surface area contributed by atoms with Crippen molar-refractivity contribution >= 4 is 17.6 Å².